The minimum absolute atomic E-state index is 0.0223. The number of amides is 1. The number of fused-ring (bicyclic) bond motifs is 1. The van der Waals surface area contributed by atoms with Crippen LogP contribution in [-0.4, -0.2) is 29.5 Å². The molecule has 21 heavy (non-hydrogen) atoms. The molecule has 0 N–H and O–H groups in total. The van der Waals surface area contributed by atoms with Crippen LogP contribution in [0.5, 0.6) is 0 Å². The van der Waals surface area contributed by atoms with Gasteiger partial charge in [-0.2, -0.15) is 0 Å². The first-order chi connectivity index (χ1) is 10.1. The largest absolute Gasteiger partial charge is 0.440 e. The smallest absolute Gasteiger partial charge is 0.327 e. The van der Waals surface area contributed by atoms with E-state index >= 15 is 0 Å². The van der Waals surface area contributed by atoms with Crippen LogP contribution in [-0.2, 0) is 9.53 Å². The summed E-state index contributed by atoms with van der Waals surface area (Å²) in [5.41, 5.74) is 0.581. The fourth-order valence-electron chi connectivity index (χ4n) is 2.64. The Morgan fingerprint density at radius 3 is 2.62 bits per heavy atom. The van der Waals surface area contributed by atoms with Gasteiger partial charge in [0.05, 0.1) is 0 Å². The molecule has 4 heteroatoms. The molecule has 1 heterocycles. The number of nitrogens with zero attached hydrogens (tertiary/aromatic N) is 1. The molecule has 2 aromatic carbocycles. The molecule has 0 bridgehead atoms. The number of rotatable bonds is 2. The van der Waals surface area contributed by atoms with Gasteiger partial charge >= 0.3 is 5.97 Å². The monoisotopic (exact) mass is 283 g/mol. The van der Waals surface area contributed by atoms with Gasteiger partial charge in [-0.15, -0.1) is 0 Å². The molecule has 3 rings (SSSR count). The summed E-state index contributed by atoms with van der Waals surface area (Å²) in [6, 6.07) is 13.5. The molecule has 1 amide bonds. The lowest BCUT2D eigenvalue weighted by Crippen LogP contribution is -2.39. The second-order valence-corrected chi connectivity index (χ2v) is 5.62. The number of hydrogen-bond acceptors (Lipinski definition) is 3. The molecule has 0 aromatic heterocycles. The lowest BCUT2D eigenvalue weighted by Gasteiger charge is -2.24. The Bertz CT molecular complexity index is 708. The quantitative estimate of drug-likeness (QED) is 0.796. The molecule has 4 nitrogen and oxygen atoms in total. The van der Waals surface area contributed by atoms with E-state index in [-0.39, 0.29) is 24.3 Å². The topological polar surface area (TPSA) is 46.6 Å². The standard InChI is InChI=1S/C17H17NO3/c1-11(2)17-18(10-15(19)21-17)16(20)14-8-7-12-5-3-4-6-13(12)9-14/h3-9,11,17H,10H2,1-2H3. The molecule has 108 valence electrons. The van der Waals surface area contributed by atoms with Gasteiger partial charge in [-0.1, -0.05) is 44.2 Å². The molecule has 2 aromatic rings. The molecule has 0 spiro atoms. The predicted molar refractivity (Wildman–Crippen MR) is 79.7 cm³/mol. The number of cyclic esters (lactones) is 1. The highest BCUT2D eigenvalue weighted by Crippen LogP contribution is 2.23. The highest BCUT2D eigenvalue weighted by Gasteiger charge is 2.37. The summed E-state index contributed by atoms with van der Waals surface area (Å²) in [5.74, 6) is -0.436. The van der Waals surface area contributed by atoms with Gasteiger partial charge in [0.1, 0.15) is 6.54 Å². The van der Waals surface area contributed by atoms with Gasteiger partial charge < -0.3 is 4.74 Å². The molecule has 0 saturated carbocycles. The third-order valence-corrected chi connectivity index (χ3v) is 3.69. The number of carbonyl (C=O) groups excluding carboxylic acids is 2. The third kappa shape index (κ3) is 2.49. The zero-order valence-corrected chi connectivity index (χ0v) is 12.1. The van der Waals surface area contributed by atoms with Crippen molar-refractivity contribution in [2.45, 2.75) is 20.1 Å². The highest BCUT2D eigenvalue weighted by atomic mass is 16.6. The first-order valence-corrected chi connectivity index (χ1v) is 7.05. The van der Waals surface area contributed by atoms with Crippen molar-refractivity contribution >= 4 is 22.6 Å². The van der Waals surface area contributed by atoms with Gasteiger partial charge in [-0.25, -0.2) is 0 Å². The summed E-state index contributed by atoms with van der Waals surface area (Å²) in [7, 11) is 0. The van der Waals surface area contributed by atoms with Crippen LogP contribution in [0.15, 0.2) is 42.5 Å². The van der Waals surface area contributed by atoms with E-state index in [0.29, 0.717) is 5.56 Å². The zero-order valence-electron chi connectivity index (χ0n) is 12.1. The molecular weight excluding hydrogens is 266 g/mol. The second-order valence-electron chi connectivity index (χ2n) is 5.62. The molecule has 1 aliphatic rings. The first-order valence-electron chi connectivity index (χ1n) is 7.05. The molecule has 0 aliphatic carbocycles. The Morgan fingerprint density at radius 2 is 1.90 bits per heavy atom. The molecular formula is C17H17NO3. The number of esters is 1. The van der Waals surface area contributed by atoms with Crippen molar-refractivity contribution in [3.05, 3.63) is 48.0 Å². The Labute approximate surface area is 123 Å². The van der Waals surface area contributed by atoms with Crippen molar-refractivity contribution in [2.24, 2.45) is 5.92 Å². The zero-order chi connectivity index (χ0) is 15.0. The number of hydrogen-bond donors (Lipinski definition) is 0. The van der Waals surface area contributed by atoms with Crippen LogP contribution in [0.1, 0.15) is 24.2 Å². The number of carbonyl (C=O) groups is 2. The van der Waals surface area contributed by atoms with Gasteiger partial charge in [-0.05, 0) is 22.9 Å². The Morgan fingerprint density at radius 1 is 1.19 bits per heavy atom. The van der Waals surface area contributed by atoms with Gasteiger partial charge in [-0.3, -0.25) is 14.5 Å². The average Bonchev–Trinajstić information content (AvgIpc) is 2.88. The summed E-state index contributed by atoms with van der Waals surface area (Å²) in [4.78, 5) is 25.7. The summed E-state index contributed by atoms with van der Waals surface area (Å²) >= 11 is 0. The second kappa shape index (κ2) is 5.20. The van der Waals surface area contributed by atoms with E-state index in [4.69, 9.17) is 4.74 Å². The van der Waals surface area contributed by atoms with Gasteiger partial charge in [0.15, 0.2) is 6.23 Å². The van der Waals surface area contributed by atoms with Crippen molar-refractivity contribution in [1.82, 2.24) is 4.90 Å². The van der Waals surface area contributed by atoms with Crippen LogP contribution in [0.2, 0.25) is 0 Å². The van der Waals surface area contributed by atoms with E-state index in [9.17, 15) is 9.59 Å². The number of ether oxygens (including phenoxy) is 1. The highest BCUT2D eigenvalue weighted by molar-refractivity contribution is 6.00. The maximum atomic E-state index is 12.6. The van der Waals surface area contributed by atoms with Crippen LogP contribution in [0.4, 0.5) is 0 Å². The fraction of sp³-hybridized carbons (Fsp3) is 0.294. The van der Waals surface area contributed by atoms with Crippen LogP contribution in [0.3, 0.4) is 0 Å². The van der Waals surface area contributed by atoms with Crippen LogP contribution >= 0.6 is 0 Å². The van der Waals surface area contributed by atoms with Crippen molar-refractivity contribution in [2.75, 3.05) is 6.54 Å². The van der Waals surface area contributed by atoms with Crippen LogP contribution in [0.25, 0.3) is 10.8 Å². The lowest BCUT2D eigenvalue weighted by atomic mass is 10.1. The van der Waals surface area contributed by atoms with E-state index in [1.54, 1.807) is 6.07 Å². The van der Waals surface area contributed by atoms with Gasteiger partial charge in [0.2, 0.25) is 0 Å². The number of benzene rings is 2. The minimum atomic E-state index is -0.475. The van der Waals surface area contributed by atoms with Crippen LogP contribution < -0.4 is 0 Å². The van der Waals surface area contributed by atoms with Gasteiger partial charge in [0.25, 0.3) is 5.91 Å². The normalized spacial score (nSPS) is 18.3. The lowest BCUT2D eigenvalue weighted by molar-refractivity contribution is -0.142. The Balaban J connectivity index is 1.94. The molecule has 1 aliphatic heterocycles. The first kappa shape index (κ1) is 13.6. The Hall–Kier alpha value is -2.36. The van der Waals surface area contributed by atoms with Crippen molar-refractivity contribution in [3.63, 3.8) is 0 Å². The van der Waals surface area contributed by atoms with Crippen molar-refractivity contribution in [1.29, 1.82) is 0 Å². The summed E-state index contributed by atoms with van der Waals surface area (Å²) in [6.07, 6.45) is -0.475. The summed E-state index contributed by atoms with van der Waals surface area (Å²) in [6.45, 7) is 3.89. The maximum absolute atomic E-state index is 12.6. The van der Waals surface area contributed by atoms with Crippen molar-refractivity contribution in [3.8, 4) is 0 Å². The molecule has 1 fully saturated rings. The van der Waals surface area contributed by atoms with E-state index in [1.165, 1.54) is 4.90 Å². The fourth-order valence-corrected chi connectivity index (χ4v) is 2.64. The SMILES string of the molecule is CC(C)C1OC(=O)CN1C(=O)c1ccc2ccccc2c1. The van der Waals surface area contributed by atoms with Gasteiger partial charge in [0, 0.05) is 11.5 Å². The molecule has 0 radical (unpaired) electrons. The minimum Gasteiger partial charge on any atom is -0.440 e. The molecule has 1 atom stereocenters. The molecule has 1 unspecified atom stereocenters. The third-order valence-electron chi connectivity index (χ3n) is 3.69. The average molecular weight is 283 g/mol. The van der Waals surface area contributed by atoms with E-state index in [2.05, 4.69) is 0 Å². The van der Waals surface area contributed by atoms with E-state index in [1.807, 2.05) is 50.2 Å². The molecule has 1 saturated heterocycles. The van der Waals surface area contributed by atoms with E-state index < -0.39 is 6.23 Å². The summed E-state index contributed by atoms with van der Waals surface area (Å²) < 4.78 is 5.23. The maximum Gasteiger partial charge on any atom is 0.327 e. The van der Waals surface area contributed by atoms with E-state index in [0.717, 1.165) is 10.8 Å². The predicted octanol–water partition coefficient (Wildman–Crippen LogP) is 2.82. The Kier molecular flexibility index (Phi) is 3.37. The summed E-state index contributed by atoms with van der Waals surface area (Å²) in [5, 5.41) is 2.10. The van der Waals surface area contributed by atoms with Crippen molar-refractivity contribution < 1.29 is 14.3 Å². The van der Waals surface area contributed by atoms with Crippen LogP contribution in [0, 0.1) is 5.92 Å².